The smallest absolute Gasteiger partial charge is 0.184 e. The van der Waals surface area contributed by atoms with Crippen LogP contribution in [-0.2, 0) is 0 Å². The van der Waals surface area contributed by atoms with Crippen molar-refractivity contribution in [2.45, 2.75) is 20.3 Å². The van der Waals surface area contributed by atoms with Crippen molar-refractivity contribution in [1.29, 1.82) is 0 Å². The first-order chi connectivity index (χ1) is 6.15. The summed E-state index contributed by atoms with van der Waals surface area (Å²) in [5, 5.41) is 0. The molecule has 0 bridgehead atoms. The van der Waals surface area contributed by atoms with Gasteiger partial charge in [0.25, 0.3) is 0 Å². The summed E-state index contributed by atoms with van der Waals surface area (Å²) in [5.41, 5.74) is 1.11. The van der Waals surface area contributed by atoms with E-state index < -0.39 is 0 Å². The van der Waals surface area contributed by atoms with Crippen LogP contribution in [0.5, 0.6) is 0 Å². The number of hydrogen-bond acceptors (Lipinski definition) is 2. The van der Waals surface area contributed by atoms with Crippen molar-refractivity contribution >= 4 is 33.0 Å². The summed E-state index contributed by atoms with van der Waals surface area (Å²) in [6.45, 7) is 3.71. The van der Waals surface area contributed by atoms with Gasteiger partial charge in [-0.15, -0.1) is 17.3 Å². The van der Waals surface area contributed by atoms with Gasteiger partial charge in [0, 0.05) is 0 Å². The Morgan fingerprint density at radius 1 is 1.69 bits per heavy atom. The molecule has 0 amide bonds. The van der Waals surface area contributed by atoms with Crippen LogP contribution in [0.4, 0.5) is 0 Å². The van der Waals surface area contributed by atoms with Crippen molar-refractivity contribution in [2.24, 2.45) is 0 Å². The minimum absolute atomic E-state index is 0.105. The Morgan fingerprint density at radius 3 is 2.85 bits per heavy atom. The molecule has 0 atom stereocenters. The lowest BCUT2D eigenvalue weighted by Gasteiger charge is -1.87. The lowest BCUT2D eigenvalue weighted by Crippen LogP contribution is -1.92. The number of Topliss-reactive ketones (excluding diaryl/α,β-unsaturated/α-hetero) is 1. The van der Waals surface area contributed by atoms with Crippen LogP contribution >= 0.6 is 27.3 Å². The molecule has 0 spiro atoms. The van der Waals surface area contributed by atoms with E-state index in [2.05, 4.69) is 27.8 Å². The zero-order valence-corrected chi connectivity index (χ0v) is 9.88. The molecule has 0 radical (unpaired) electrons. The van der Waals surface area contributed by atoms with Crippen LogP contribution in [0.3, 0.4) is 0 Å². The predicted molar refractivity (Wildman–Crippen MR) is 59.2 cm³/mol. The molecule has 0 aromatic carbocycles. The predicted octanol–water partition coefficient (Wildman–Crippen LogP) is 3.42. The average molecular weight is 257 g/mol. The zero-order chi connectivity index (χ0) is 9.84. The van der Waals surface area contributed by atoms with Gasteiger partial charge in [-0.3, -0.25) is 4.79 Å². The highest BCUT2D eigenvalue weighted by atomic mass is 79.9. The third-order valence-electron chi connectivity index (χ3n) is 1.56. The highest BCUT2D eigenvalue weighted by molar-refractivity contribution is 9.11. The minimum atomic E-state index is 0.105. The maximum absolute atomic E-state index is 11.5. The van der Waals surface area contributed by atoms with E-state index in [-0.39, 0.29) is 5.78 Å². The molecule has 0 unspecified atom stereocenters. The van der Waals surface area contributed by atoms with Gasteiger partial charge in [0.2, 0.25) is 0 Å². The normalized spacial score (nSPS) is 9.15. The van der Waals surface area contributed by atoms with Crippen LogP contribution in [0.15, 0.2) is 9.85 Å². The average Bonchev–Trinajstić information content (AvgIpc) is 2.43. The summed E-state index contributed by atoms with van der Waals surface area (Å²) in [4.78, 5) is 12.2. The van der Waals surface area contributed by atoms with Crippen molar-refractivity contribution in [3.8, 4) is 11.8 Å². The number of hydrogen-bond donors (Lipinski definition) is 0. The van der Waals surface area contributed by atoms with E-state index in [0.717, 1.165) is 14.2 Å². The topological polar surface area (TPSA) is 17.1 Å². The SMILES string of the molecule is CC#CCC(=O)c1cc(C)c(Br)s1. The van der Waals surface area contributed by atoms with Gasteiger partial charge in [-0.1, -0.05) is 5.92 Å². The Morgan fingerprint density at radius 2 is 2.38 bits per heavy atom. The fourth-order valence-electron chi connectivity index (χ4n) is 0.853. The second-order valence-electron chi connectivity index (χ2n) is 2.59. The third-order valence-corrected chi connectivity index (χ3v) is 3.74. The molecular weight excluding hydrogens is 248 g/mol. The molecule has 0 aliphatic carbocycles. The van der Waals surface area contributed by atoms with E-state index in [4.69, 9.17) is 0 Å². The molecular formula is C10H9BrOS. The van der Waals surface area contributed by atoms with Gasteiger partial charge in [-0.05, 0) is 41.4 Å². The number of carbonyl (C=O) groups is 1. The van der Waals surface area contributed by atoms with Crippen molar-refractivity contribution in [3.05, 3.63) is 20.3 Å². The standard InChI is InChI=1S/C10H9BrOS/c1-3-4-5-8(12)9-6-7(2)10(11)13-9/h6H,5H2,1-2H3. The monoisotopic (exact) mass is 256 g/mol. The highest BCUT2D eigenvalue weighted by Crippen LogP contribution is 2.27. The first kappa shape index (κ1) is 10.5. The number of ketones is 1. The lowest BCUT2D eigenvalue weighted by atomic mass is 10.2. The van der Waals surface area contributed by atoms with Gasteiger partial charge in [-0.2, -0.15) is 0 Å². The zero-order valence-electron chi connectivity index (χ0n) is 7.48. The molecule has 0 fully saturated rings. The van der Waals surface area contributed by atoms with E-state index in [1.807, 2.05) is 13.0 Å². The Bertz CT molecular complexity index is 362. The Kier molecular flexibility index (Phi) is 3.71. The molecule has 1 aromatic heterocycles. The molecule has 3 heteroatoms. The molecule has 0 saturated carbocycles. The molecule has 1 rings (SSSR count). The van der Waals surface area contributed by atoms with Gasteiger partial charge in [0.15, 0.2) is 5.78 Å². The number of aryl methyl sites for hydroxylation is 1. The summed E-state index contributed by atoms with van der Waals surface area (Å²) in [5.74, 6) is 5.58. The number of halogens is 1. The second-order valence-corrected chi connectivity index (χ2v) is 4.96. The van der Waals surface area contributed by atoms with Gasteiger partial charge in [0.1, 0.15) is 0 Å². The van der Waals surface area contributed by atoms with Gasteiger partial charge >= 0.3 is 0 Å². The summed E-state index contributed by atoms with van der Waals surface area (Å²) in [6.07, 6.45) is 0.322. The Labute approximate surface area is 90.3 Å². The van der Waals surface area contributed by atoms with E-state index in [1.54, 1.807) is 6.92 Å². The Hall–Kier alpha value is -0.590. The molecule has 0 aliphatic heterocycles. The number of carbonyl (C=O) groups excluding carboxylic acids is 1. The Balaban J connectivity index is 2.81. The van der Waals surface area contributed by atoms with Crippen molar-refractivity contribution < 1.29 is 4.79 Å². The summed E-state index contributed by atoms with van der Waals surface area (Å²) >= 11 is 4.86. The minimum Gasteiger partial charge on any atom is -0.292 e. The summed E-state index contributed by atoms with van der Waals surface area (Å²) in [6, 6.07) is 1.90. The number of thiophene rings is 1. The van der Waals surface area contributed by atoms with E-state index in [0.29, 0.717) is 6.42 Å². The van der Waals surface area contributed by atoms with Crippen molar-refractivity contribution in [2.75, 3.05) is 0 Å². The van der Waals surface area contributed by atoms with Crippen LogP contribution in [0.1, 0.15) is 28.6 Å². The molecule has 1 nitrogen and oxygen atoms in total. The van der Waals surface area contributed by atoms with Crippen LogP contribution in [-0.4, -0.2) is 5.78 Å². The van der Waals surface area contributed by atoms with Gasteiger partial charge in [0.05, 0.1) is 15.1 Å². The molecule has 0 saturated heterocycles. The van der Waals surface area contributed by atoms with E-state index in [9.17, 15) is 4.79 Å². The van der Waals surface area contributed by atoms with Crippen molar-refractivity contribution in [3.63, 3.8) is 0 Å². The molecule has 0 N–H and O–H groups in total. The third kappa shape index (κ3) is 2.68. The lowest BCUT2D eigenvalue weighted by molar-refractivity contribution is 0.100. The molecule has 1 aromatic rings. The fraction of sp³-hybridized carbons (Fsp3) is 0.300. The number of rotatable bonds is 2. The largest absolute Gasteiger partial charge is 0.292 e. The first-order valence-electron chi connectivity index (χ1n) is 3.84. The van der Waals surface area contributed by atoms with E-state index in [1.165, 1.54) is 11.3 Å². The summed E-state index contributed by atoms with van der Waals surface area (Å²) < 4.78 is 1.03. The van der Waals surface area contributed by atoms with Crippen LogP contribution in [0.25, 0.3) is 0 Å². The maximum Gasteiger partial charge on any atom is 0.184 e. The summed E-state index contributed by atoms with van der Waals surface area (Å²) in [7, 11) is 0. The van der Waals surface area contributed by atoms with Crippen LogP contribution in [0.2, 0.25) is 0 Å². The van der Waals surface area contributed by atoms with Crippen molar-refractivity contribution in [1.82, 2.24) is 0 Å². The fourth-order valence-corrected chi connectivity index (χ4v) is 2.33. The van der Waals surface area contributed by atoms with Gasteiger partial charge < -0.3 is 0 Å². The van der Waals surface area contributed by atoms with Crippen LogP contribution in [0, 0.1) is 18.8 Å². The second kappa shape index (κ2) is 4.59. The van der Waals surface area contributed by atoms with Gasteiger partial charge in [-0.25, -0.2) is 0 Å². The maximum atomic E-state index is 11.5. The van der Waals surface area contributed by atoms with E-state index >= 15 is 0 Å². The first-order valence-corrected chi connectivity index (χ1v) is 5.45. The quantitative estimate of drug-likeness (QED) is 0.586. The highest BCUT2D eigenvalue weighted by Gasteiger charge is 2.09. The van der Waals surface area contributed by atoms with Crippen LogP contribution < -0.4 is 0 Å². The molecule has 0 aliphatic rings. The molecule has 68 valence electrons. The molecule has 1 heterocycles. The molecule has 13 heavy (non-hydrogen) atoms.